The molecule has 2 aromatic rings. The molecule has 0 bridgehead atoms. The summed E-state index contributed by atoms with van der Waals surface area (Å²) in [5, 5.41) is 4.46. The van der Waals surface area contributed by atoms with Crippen molar-refractivity contribution >= 4 is 5.69 Å². The highest BCUT2D eigenvalue weighted by Gasteiger charge is 2.29. The topological polar surface area (TPSA) is 66.0 Å². The first-order valence-electron chi connectivity index (χ1n) is 6.04. The summed E-state index contributed by atoms with van der Waals surface area (Å²) in [6.07, 6.45) is 2.38. The van der Waals surface area contributed by atoms with Gasteiger partial charge in [0.1, 0.15) is 5.75 Å². The third-order valence-corrected chi connectivity index (χ3v) is 3.19. The van der Waals surface area contributed by atoms with E-state index in [2.05, 4.69) is 10.1 Å². The first-order chi connectivity index (χ1) is 8.69. The highest BCUT2D eigenvalue weighted by atomic mass is 16.5. The molecule has 1 saturated carbocycles. The third kappa shape index (κ3) is 1.81. The van der Waals surface area contributed by atoms with E-state index in [0.717, 1.165) is 23.0 Å². The van der Waals surface area contributed by atoms with E-state index < -0.39 is 0 Å². The highest BCUT2D eigenvalue weighted by molar-refractivity contribution is 5.69. The molecule has 1 aliphatic carbocycles. The molecular formula is C13H16N4O. The average Bonchev–Trinajstić information content (AvgIpc) is 3.13. The molecule has 0 atom stereocenters. The van der Waals surface area contributed by atoms with E-state index >= 15 is 0 Å². The first-order valence-corrected chi connectivity index (χ1v) is 6.04. The normalized spacial score (nSPS) is 14.8. The van der Waals surface area contributed by atoms with Crippen molar-refractivity contribution < 1.29 is 4.74 Å². The molecule has 5 heteroatoms. The van der Waals surface area contributed by atoms with E-state index in [9.17, 15) is 0 Å². The van der Waals surface area contributed by atoms with Gasteiger partial charge in [0, 0.05) is 18.7 Å². The van der Waals surface area contributed by atoms with Crippen molar-refractivity contribution in [3.8, 4) is 17.1 Å². The minimum absolute atomic E-state index is 0.539. The molecule has 0 radical (unpaired) electrons. The zero-order chi connectivity index (χ0) is 12.7. The predicted molar refractivity (Wildman–Crippen MR) is 69.4 cm³/mol. The maximum atomic E-state index is 5.84. The standard InChI is InChI=1S/C13H16N4O/c1-17-13(15-12(16-17)8-3-4-8)10-7-9(14)5-6-11(10)18-2/h5-8H,3-4,14H2,1-2H3. The van der Waals surface area contributed by atoms with E-state index in [-0.39, 0.29) is 0 Å². The van der Waals surface area contributed by atoms with Gasteiger partial charge in [-0.2, -0.15) is 5.10 Å². The maximum absolute atomic E-state index is 5.84. The Morgan fingerprint density at radius 1 is 1.39 bits per heavy atom. The van der Waals surface area contributed by atoms with Crippen LogP contribution in [0.3, 0.4) is 0 Å². The van der Waals surface area contributed by atoms with Gasteiger partial charge in [0.05, 0.1) is 12.7 Å². The minimum atomic E-state index is 0.539. The van der Waals surface area contributed by atoms with Gasteiger partial charge in [-0.3, -0.25) is 0 Å². The summed E-state index contributed by atoms with van der Waals surface area (Å²) < 4.78 is 7.16. The van der Waals surface area contributed by atoms with Gasteiger partial charge >= 0.3 is 0 Å². The largest absolute Gasteiger partial charge is 0.496 e. The van der Waals surface area contributed by atoms with Gasteiger partial charge in [-0.05, 0) is 31.0 Å². The van der Waals surface area contributed by atoms with Gasteiger partial charge in [-0.15, -0.1) is 0 Å². The number of aryl methyl sites for hydroxylation is 1. The van der Waals surface area contributed by atoms with Crippen LogP contribution in [-0.2, 0) is 7.05 Å². The van der Waals surface area contributed by atoms with Gasteiger partial charge in [0.25, 0.3) is 0 Å². The molecule has 0 aliphatic heterocycles. The smallest absolute Gasteiger partial charge is 0.161 e. The molecule has 0 unspecified atom stereocenters. The fourth-order valence-corrected chi connectivity index (χ4v) is 2.05. The molecule has 0 saturated heterocycles. The van der Waals surface area contributed by atoms with Crippen LogP contribution in [0.2, 0.25) is 0 Å². The lowest BCUT2D eigenvalue weighted by atomic mass is 10.1. The molecule has 1 aromatic heterocycles. The van der Waals surface area contributed by atoms with Crippen LogP contribution in [0.1, 0.15) is 24.6 Å². The van der Waals surface area contributed by atoms with Crippen LogP contribution < -0.4 is 10.5 Å². The van der Waals surface area contributed by atoms with Crippen LogP contribution >= 0.6 is 0 Å². The third-order valence-electron chi connectivity index (χ3n) is 3.19. The Morgan fingerprint density at radius 2 is 2.17 bits per heavy atom. The Kier molecular flexibility index (Phi) is 2.47. The lowest BCUT2D eigenvalue weighted by molar-refractivity contribution is 0.416. The molecule has 94 valence electrons. The quantitative estimate of drug-likeness (QED) is 0.838. The van der Waals surface area contributed by atoms with E-state index in [1.54, 1.807) is 11.8 Å². The van der Waals surface area contributed by atoms with Crippen LogP contribution in [-0.4, -0.2) is 21.9 Å². The van der Waals surface area contributed by atoms with Crippen molar-refractivity contribution in [1.82, 2.24) is 14.8 Å². The highest BCUT2D eigenvalue weighted by Crippen LogP contribution is 2.39. The summed E-state index contributed by atoms with van der Waals surface area (Å²) in [6.45, 7) is 0. The Balaban J connectivity index is 2.10. The summed E-state index contributed by atoms with van der Waals surface area (Å²) in [4.78, 5) is 4.61. The number of nitrogens with two attached hydrogens (primary N) is 1. The van der Waals surface area contributed by atoms with Crippen LogP contribution in [0.25, 0.3) is 11.4 Å². The SMILES string of the molecule is COc1ccc(N)cc1-c1nc(C2CC2)nn1C. The van der Waals surface area contributed by atoms with Gasteiger partial charge in [0.2, 0.25) is 0 Å². The zero-order valence-corrected chi connectivity index (χ0v) is 10.6. The second-order valence-corrected chi connectivity index (χ2v) is 4.65. The van der Waals surface area contributed by atoms with Crippen molar-refractivity contribution in [3.05, 3.63) is 24.0 Å². The number of nitrogen functional groups attached to an aromatic ring is 1. The Labute approximate surface area is 106 Å². The molecule has 1 aliphatic rings. The Morgan fingerprint density at radius 3 is 2.83 bits per heavy atom. The monoisotopic (exact) mass is 244 g/mol. The second kappa shape index (κ2) is 4.01. The van der Waals surface area contributed by atoms with Gasteiger partial charge in [-0.1, -0.05) is 0 Å². The molecule has 3 rings (SSSR count). The zero-order valence-electron chi connectivity index (χ0n) is 10.6. The Bertz CT molecular complexity index is 587. The van der Waals surface area contributed by atoms with Crippen LogP contribution in [0.5, 0.6) is 5.75 Å². The summed E-state index contributed by atoms with van der Waals surface area (Å²) >= 11 is 0. The van der Waals surface area contributed by atoms with E-state index in [1.165, 1.54) is 12.8 Å². The van der Waals surface area contributed by atoms with Crippen LogP contribution in [0.4, 0.5) is 5.69 Å². The summed E-state index contributed by atoms with van der Waals surface area (Å²) in [5.41, 5.74) is 7.42. The molecule has 5 nitrogen and oxygen atoms in total. The molecule has 1 aromatic carbocycles. The van der Waals surface area contributed by atoms with E-state index in [0.29, 0.717) is 11.6 Å². The lowest BCUT2D eigenvalue weighted by Gasteiger charge is -2.08. The number of hydrogen-bond donors (Lipinski definition) is 1. The van der Waals surface area contributed by atoms with Crippen molar-refractivity contribution in [2.45, 2.75) is 18.8 Å². The number of methoxy groups -OCH3 is 1. The minimum Gasteiger partial charge on any atom is -0.496 e. The number of ether oxygens (including phenoxy) is 1. The van der Waals surface area contributed by atoms with Gasteiger partial charge < -0.3 is 10.5 Å². The molecule has 0 amide bonds. The molecule has 0 spiro atoms. The fraction of sp³-hybridized carbons (Fsp3) is 0.385. The number of nitrogens with zero attached hydrogens (tertiary/aromatic N) is 3. The summed E-state index contributed by atoms with van der Waals surface area (Å²) in [7, 11) is 3.55. The number of anilines is 1. The molecular weight excluding hydrogens is 228 g/mol. The fourth-order valence-electron chi connectivity index (χ4n) is 2.05. The van der Waals surface area contributed by atoms with Crippen molar-refractivity contribution in [1.29, 1.82) is 0 Å². The Hall–Kier alpha value is -2.04. The van der Waals surface area contributed by atoms with Gasteiger partial charge in [0.15, 0.2) is 11.6 Å². The average molecular weight is 244 g/mol. The second-order valence-electron chi connectivity index (χ2n) is 4.65. The van der Waals surface area contributed by atoms with Crippen molar-refractivity contribution in [2.24, 2.45) is 7.05 Å². The molecule has 2 N–H and O–H groups in total. The number of rotatable bonds is 3. The van der Waals surface area contributed by atoms with Crippen LogP contribution in [0.15, 0.2) is 18.2 Å². The number of hydrogen-bond acceptors (Lipinski definition) is 4. The van der Waals surface area contributed by atoms with Crippen molar-refractivity contribution in [2.75, 3.05) is 12.8 Å². The maximum Gasteiger partial charge on any atom is 0.161 e. The predicted octanol–water partition coefficient (Wildman–Crippen LogP) is 1.95. The summed E-state index contributed by atoms with van der Waals surface area (Å²) in [6, 6.07) is 5.55. The molecule has 1 fully saturated rings. The summed E-state index contributed by atoms with van der Waals surface area (Å²) in [5.74, 6) is 3.04. The number of aromatic nitrogens is 3. The van der Waals surface area contributed by atoms with Crippen LogP contribution in [0, 0.1) is 0 Å². The molecule has 1 heterocycles. The van der Waals surface area contributed by atoms with E-state index in [4.69, 9.17) is 10.5 Å². The van der Waals surface area contributed by atoms with E-state index in [1.807, 2.05) is 25.2 Å². The number of benzene rings is 1. The first kappa shape index (κ1) is 11.1. The van der Waals surface area contributed by atoms with Gasteiger partial charge in [-0.25, -0.2) is 9.67 Å². The lowest BCUT2D eigenvalue weighted by Crippen LogP contribution is -1.98. The molecule has 18 heavy (non-hydrogen) atoms. The van der Waals surface area contributed by atoms with Crippen molar-refractivity contribution in [3.63, 3.8) is 0 Å².